The molecular formula is C26H29F3N6O2. The summed E-state index contributed by atoms with van der Waals surface area (Å²) < 4.78 is 39.5. The van der Waals surface area contributed by atoms with E-state index >= 15 is 0 Å². The maximum atomic E-state index is 13.2. The summed E-state index contributed by atoms with van der Waals surface area (Å²) in [5.74, 6) is 0.0914. The molecule has 0 spiro atoms. The summed E-state index contributed by atoms with van der Waals surface area (Å²) in [5, 5.41) is 14.5. The highest BCUT2D eigenvalue weighted by molar-refractivity contribution is 5.76. The number of nitriles is 1. The van der Waals surface area contributed by atoms with Crippen LogP contribution in [-0.4, -0.2) is 67.6 Å². The average Bonchev–Trinajstić information content (AvgIpc) is 2.92. The number of piperidine rings is 1. The lowest BCUT2D eigenvalue weighted by Gasteiger charge is -2.37. The third kappa shape index (κ3) is 6.77. The van der Waals surface area contributed by atoms with Crippen molar-refractivity contribution in [3.63, 3.8) is 0 Å². The molecule has 11 heteroatoms. The average molecular weight is 515 g/mol. The molecular weight excluding hydrogens is 485 g/mol. The van der Waals surface area contributed by atoms with Crippen LogP contribution in [0.15, 0.2) is 47.6 Å². The third-order valence-electron chi connectivity index (χ3n) is 6.99. The second-order valence-corrected chi connectivity index (χ2v) is 9.36. The molecule has 196 valence electrons. The van der Waals surface area contributed by atoms with E-state index in [4.69, 9.17) is 5.26 Å². The van der Waals surface area contributed by atoms with E-state index in [1.165, 1.54) is 6.07 Å². The third-order valence-corrected chi connectivity index (χ3v) is 6.99. The van der Waals surface area contributed by atoms with Gasteiger partial charge in [-0.3, -0.25) is 9.69 Å². The number of benzene rings is 2. The van der Waals surface area contributed by atoms with E-state index in [9.17, 15) is 22.9 Å². The van der Waals surface area contributed by atoms with Crippen LogP contribution in [0.25, 0.3) is 0 Å². The van der Waals surface area contributed by atoms with Crippen LogP contribution >= 0.6 is 0 Å². The van der Waals surface area contributed by atoms with Gasteiger partial charge in [-0.2, -0.15) is 18.4 Å². The zero-order valence-corrected chi connectivity index (χ0v) is 20.4. The Morgan fingerprint density at radius 1 is 1.03 bits per heavy atom. The molecule has 0 atom stereocenters. The van der Waals surface area contributed by atoms with Crippen molar-refractivity contribution in [2.24, 2.45) is 5.18 Å². The van der Waals surface area contributed by atoms with Crippen LogP contribution in [0, 0.1) is 16.2 Å². The van der Waals surface area contributed by atoms with E-state index in [0.717, 1.165) is 44.0 Å². The molecule has 2 fully saturated rings. The number of nitrogens with one attached hydrogen (secondary N) is 1. The molecule has 2 heterocycles. The van der Waals surface area contributed by atoms with Gasteiger partial charge in [0.05, 0.1) is 17.2 Å². The van der Waals surface area contributed by atoms with Gasteiger partial charge in [0.2, 0.25) is 5.91 Å². The van der Waals surface area contributed by atoms with Crippen molar-refractivity contribution in [2.75, 3.05) is 56.0 Å². The highest BCUT2D eigenvalue weighted by Crippen LogP contribution is 2.38. The van der Waals surface area contributed by atoms with Crippen molar-refractivity contribution in [1.29, 1.82) is 5.26 Å². The van der Waals surface area contributed by atoms with Gasteiger partial charge in [-0.25, -0.2) is 0 Å². The van der Waals surface area contributed by atoms with E-state index in [0.29, 0.717) is 44.5 Å². The molecule has 37 heavy (non-hydrogen) atoms. The van der Waals surface area contributed by atoms with Crippen molar-refractivity contribution in [2.45, 2.75) is 31.5 Å². The van der Waals surface area contributed by atoms with Crippen LogP contribution < -0.4 is 10.2 Å². The quantitative estimate of drug-likeness (QED) is 0.544. The first-order valence-electron chi connectivity index (χ1n) is 12.3. The molecule has 0 unspecified atom stereocenters. The van der Waals surface area contributed by atoms with Crippen LogP contribution in [0.2, 0.25) is 0 Å². The molecule has 1 N–H and O–H groups in total. The number of piperazine rings is 1. The van der Waals surface area contributed by atoms with Gasteiger partial charge >= 0.3 is 6.18 Å². The molecule has 0 bridgehead atoms. The van der Waals surface area contributed by atoms with Crippen LogP contribution in [0.3, 0.4) is 0 Å². The fourth-order valence-electron chi connectivity index (χ4n) is 4.83. The first-order chi connectivity index (χ1) is 17.8. The Bertz CT molecular complexity index is 1130. The minimum absolute atomic E-state index is 0.0597. The molecule has 4 rings (SSSR count). The van der Waals surface area contributed by atoms with Crippen LogP contribution in [-0.2, 0) is 11.0 Å². The van der Waals surface area contributed by atoms with Gasteiger partial charge < -0.3 is 15.1 Å². The zero-order valence-electron chi connectivity index (χ0n) is 20.4. The number of carbonyl (C=O) groups is 1. The van der Waals surface area contributed by atoms with Gasteiger partial charge in [0.25, 0.3) is 0 Å². The SMILES string of the molecule is N#Cc1ccc(N2CCN(CCC(=O)N3CCC(Nc4ccc(N=O)c(C(F)(F)F)c4)CC3)CC2)cc1. The lowest BCUT2D eigenvalue weighted by Crippen LogP contribution is -2.48. The Morgan fingerprint density at radius 2 is 1.70 bits per heavy atom. The molecule has 2 aromatic carbocycles. The Labute approximate surface area is 213 Å². The number of alkyl halides is 3. The van der Waals surface area contributed by atoms with Gasteiger partial charge in [-0.05, 0) is 60.5 Å². The largest absolute Gasteiger partial charge is 0.418 e. The first-order valence-corrected chi connectivity index (χ1v) is 12.3. The summed E-state index contributed by atoms with van der Waals surface area (Å²) in [5.41, 5.74) is 0.330. The number of nitrogens with zero attached hydrogens (tertiary/aromatic N) is 5. The van der Waals surface area contributed by atoms with Gasteiger partial charge in [0.1, 0.15) is 5.69 Å². The van der Waals surface area contributed by atoms with Crippen molar-refractivity contribution >= 4 is 23.0 Å². The number of rotatable bonds is 7. The molecule has 2 saturated heterocycles. The predicted molar refractivity (Wildman–Crippen MR) is 135 cm³/mol. The Balaban J connectivity index is 1.19. The van der Waals surface area contributed by atoms with Gasteiger partial charge in [-0.15, -0.1) is 4.91 Å². The summed E-state index contributed by atoms with van der Waals surface area (Å²) in [7, 11) is 0. The lowest BCUT2D eigenvalue weighted by atomic mass is 10.0. The monoisotopic (exact) mass is 514 g/mol. The molecule has 0 saturated carbocycles. The van der Waals surface area contributed by atoms with Crippen LogP contribution in [0.5, 0.6) is 0 Å². The standard InChI is InChI=1S/C26H29F3N6O2/c27-26(28,29)23-17-21(3-6-24(23)32-37)31-20-7-11-35(12-8-20)25(36)9-10-33-13-15-34(16-14-33)22-4-1-19(18-30)2-5-22/h1-6,17,20,31H,7-16H2. The summed E-state index contributed by atoms with van der Waals surface area (Å²) in [6.07, 6.45) is -2.97. The molecule has 0 radical (unpaired) electrons. The summed E-state index contributed by atoms with van der Waals surface area (Å²) in [6, 6.07) is 13.0. The Morgan fingerprint density at radius 3 is 2.30 bits per heavy atom. The fourth-order valence-corrected chi connectivity index (χ4v) is 4.83. The summed E-state index contributed by atoms with van der Waals surface area (Å²) in [4.78, 5) is 29.8. The number of halogens is 3. The zero-order chi connectivity index (χ0) is 26.4. The van der Waals surface area contributed by atoms with E-state index in [2.05, 4.69) is 26.4 Å². The smallest absolute Gasteiger partial charge is 0.382 e. The predicted octanol–water partition coefficient (Wildman–Crippen LogP) is 4.59. The molecule has 1 amide bonds. The highest BCUT2D eigenvalue weighted by atomic mass is 19.4. The number of likely N-dealkylation sites (tertiary alicyclic amines) is 1. The highest BCUT2D eigenvalue weighted by Gasteiger charge is 2.34. The van der Waals surface area contributed by atoms with Gasteiger partial charge in [0, 0.05) is 69.7 Å². The molecule has 0 aromatic heterocycles. The number of amides is 1. The lowest BCUT2D eigenvalue weighted by molar-refractivity contribution is -0.137. The molecule has 0 aliphatic carbocycles. The summed E-state index contributed by atoms with van der Waals surface area (Å²) >= 11 is 0. The van der Waals surface area contributed by atoms with E-state index < -0.39 is 17.4 Å². The minimum atomic E-state index is -4.66. The molecule has 2 aromatic rings. The second-order valence-electron chi connectivity index (χ2n) is 9.36. The Kier molecular flexibility index (Phi) is 8.28. The second kappa shape index (κ2) is 11.6. The number of hydrogen-bond acceptors (Lipinski definition) is 7. The van der Waals surface area contributed by atoms with E-state index in [-0.39, 0.29) is 17.6 Å². The van der Waals surface area contributed by atoms with Crippen LogP contribution in [0.1, 0.15) is 30.4 Å². The molecule has 2 aliphatic heterocycles. The van der Waals surface area contributed by atoms with Crippen LogP contribution in [0.4, 0.5) is 30.2 Å². The summed E-state index contributed by atoms with van der Waals surface area (Å²) in [6.45, 7) is 5.21. The molecule has 8 nitrogen and oxygen atoms in total. The number of hydrogen-bond donors (Lipinski definition) is 1. The van der Waals surface area contributed by atoms with Gasteiger partial charge in [-0.1, -0.05) is 0 Å². The maximum absolute atomic E-state index is 13.2. The Hall–Kier alpha value is -3.65. The fraction of sp³-hybridized carbons (Fsp3) is 0.462. The van der Waals surface area contributed by atoms with Crippen molar-refractivity contribution in [3.05, 3.63) is 58.5 Å². The van der Waals surface area contributed by atoms with E-state index in [1.54, 1.807) is 0 Å². The minimum Gasteiger partial charge on any atom is -0.382 e. The number of carbonyl (C=O) groups excluding carboxylic acids is 1. The van der Waals surface area contributed by atoms with Crippen molar-refractivity contribution in [3.8, 4) is 6.07 Å². The number of anilines is 2. The van der Waals surface area contributed by atoms with Crippen molar-refractivity contribution in [1.82, 2.24) is 9.80 Å². The molecule has 2 aliphatic rings. The normalized spacial score (nSPS) is 17.4. The van der Waals surface area contributed by atoms with Crippen molar-refractivity contribution < 1.29 is 18.0 Å². The number of nitroso groups, excluding NO2 is 1. The van der Waals surface area contributed by atoms with Gasteiger partial charge in [0.15, 0.2) is 0 Å². The topological polar surface area (TPSA) is 92.0 Å². The maximum Gasteiger partial charge on any atom is 0.418 e. The van der Waals surface area contributed by atoms with E-state index in [1.807, 2.05) is 29.2 Å². The first kappa shape index (κ1) is 26.4.